The van der Waals surface area contributed by atoms with Crippen molar-refractivity contribution in [2.75, 3.05) is 26.2 Å². The second kappa shape index (κ2) is 11.1. The van der Waals surface area contributed by atoms with Crippen LogP contribution in [-0.2, 0) is 9.59 Å². The van der Waals surface area contributed by atoms with Crippen molar-refractivity contribution in [3.63, 3.8) is 0 Å². The second-order valence-electron chi connectivity index (χ2n) is 8.03. The monoisotopic (exact) mass is 456 g/mol. The fourth-order valence-electron chi connectivity index (χ4n) is 4.59. The zero-order valence-corrected chi connectivity index (χ0v) is 18.6. The van der Waals surface area contributed by atoms with E-state index in [4.69, 9.17) is 9.90 Å². The summed E-state index contributed by atoms with van der Waals surface area (Å²) >= 11 is 1.51. The number of thiophene rings is 1. The molecule has 8 heteroatoms. The molecular formula is C24H28N2O5S. The summed E-state index contributed by atoms with van der Waals surface area (Å²) in [6.07, 6.45) is 5.92. The number of carbonyl (C=O) groups excluding carboxylic acids is 2. The number of aliphatic hydroxyl groups is 1. The predicted octanol–water partition coefficient (Wildman–Crippen LogP) is 2.98. The molecule has 0 saturated carbocycles. The van der Waals surface area contributed by atoms with Crippen LogP contribution in [0.4, 0.5) is 0 Å². The van der Waals surface area contributed by atoms with Crippen molar-refractivity contribution < 1.29 is 24.6 Å². The first kappa shape index (κ1) is 23.7. The predicted molar refractivity (Wildman–Crippen MR) is 123 cm³/mol. The maximum absolute atomic E-state index is 13.1. The van der Waals surface area contributed by atoms with Crippen LogP contribution in [0.25, 0.3) is 6.08 Å². The van der Waals surface area contributed by atoms with Gasteiger partial charge in [-0.05, 0) is 42.3 Å². The smallest absolute Gasteiger partial charge is 0.290 e. The molecule has 2 fully saturated rings. The third-order valence-electron chi connectivity index (χ3n) is 6.30. The number of amides is 2. The highest BCUT2D eigenvalue weighted by atomic mass is 32.1. The molecule has 0 radical (unpaired) electrons. The zero-order chi connectivity index (χ0) is 23.0. The lowest BCUT2D eigenvalue weighted by Gasteiger charge is -2.54. The number of carboxylic acid groups (broad SMARTS) is 1. The number of fused-ring (bicyclic) bond motifs is 1. The highest BCUT2D eigenvalue weighted by molar-refractivity contribution is 7.08. The first-order valence-corrected chi connectivity index (χ1v) is 11.5. The Morgan fingerprint density at radius 2 is 1.91 bits per heavy atom. The van der Waals surface area contributed by atoms with E-state index < -0.39 is 0 Å². The fourth-order valence-corrected chi connectivity index (χ4v) is 5.22. The van der Waals surface area contributed by atoms with Crippen molar-refractivity contribution in [2.45, 2.75) is 25.3 Å². The Bertz CT molecular complexity index is 931. The largest absolute Gasteiger partial charge is 0.483 e. The van der Waals surface area contributed by atoms with Gasteiger partial charge in [0.15, 0.2) is 0 Å². The number of benzene rings is 1. The van der Waals surface area contributed by atoms with Gasteiger partial charge in [0.2, 0.25) is 5.91 Å². The van der Waals surface area contributed by atoms with Gasteiger partial charge in [0.05, 0.1) is 18.2 Å². The molecule has 2 N–H and O–H groups in total. The van der Waals surface area contributed by atoms with Crippen LogP contribution < -0.4 is 0 Å². The summed E-state index contributed by atoms with van der Waals surface area (Å²) in [5.74, 6) is -0.0446. The molecule has 1 aromatic heterocycles. The van der Waals surface area contributed by atoms with Crippen molar-refractivity contribution >= 4 is 35.7 Å². The first-order valence-electron chi connectivity index (χ1n) is 10.6. The molecule has 7 nitrogen and oxygen atoms in total. The average molecular weight is 457 g/mol. The van der Waals surface area contributed by atoms with E-state index in [-0.39, 0.29) is 36.4 Å². The lowest BCUT2D eigenvalue weighted by atomic mass is 9.68. The van der Waals surface area contributed by atoms with Gasteiger partial charge in [-0.15, -0.1) is 0 Å². The van der Waals surface area contributed by atoms with E-state index in [2.05, 4.69) is 0 Å². The summed E-state index contributed by atoms with van der Waals surface area (Å²) in [5.41, 5.74) is 1.36. The third kappa shape index (κ3) is 5.26. The first-order chi connectivity index (χ1) is 15.5. The average Bonchev–Trinajstić information content (AvgIpc) is 3.37. The van der Waals surface area contributed by atoms with Crippen molar-refractivity contribution in [3.05, 3.63) is 64.4 Å². The van der Waals surface area contributed by atoms with E-state index in [1.165, 1.54) is 11.3 Å². The van der Waals surface area contributed by atoms with Gasteiger partial charge in [-0.25, -0.2) is 0 Å². The number of piperidine rings is 2. The lowest BCUT2D eigenvalue weighted by Crippen LogP contribution is -2.64. The second-order valence-corrected chi connectivity index (χ2v) is 8.81. The highest BCUT2D eigenvalue weighted by Gasteiger charge is 2.49. The number of rotatable bonds is 4. The molecule has 2 aliphatic rings. The molecule has 2 atom stereocenters. The Hall–Kier alpha value is -2.97. The van der Waals surface area contributed by atoms with Gasteiger partial charge < -0.3 is 20.0 Å². The maximum Gasteiger partial charge on any atom is 0.290 e. The van der Waals surface area contributed by atoms with E-state index in [1.54, 1.807) is 6.08 Å². The van der Waals surface area contributed by atoms with Gasteiger partial charge in [-0.1, -0.05) is 30.3 Å². The zero-order valence-electron chi connectivity index (χ0n) is 17.8. The minimum absolute atomic E-state index is 0.00269. The Labute approximate surface area is 191 Å². The Morgan fingerprint density at radius 1 is 1.16 bits per heavy atom. The SMILES string of the molecule is O=C(/C=C/c1ccccc1)N1CC[C@]2(CO)CCCN(C(=O)c3ccsc3)[C@H]2C1.O=CO. The number of likely N-dealkylation sites (tertiary alicyclic amines) is 2. The molecule has 2 saturated heterocycles. The number of hydrogen-bond donors (Lipinski definition) is 2. The molecule has 0 bridgehead atoms. The minimum Gasteiger partial charge on any atom is -0.483 e. The Morgan fingerprint density at radius 3 is 2.56 bits per heavy atom. The minimum atomic E-state index is -0.316. The van der Waals surface area contributed by atoms with E-state index >= 15 is 0 Å². The number of aliphatic hydroxyl groups excluding tert-OH is 1. The lowest BCUT2D eigenvalue weighted by molar-refractivity contribution is -0.134. The van der Waals surface area contributed by atoms with E-state index in [0.29, 0.717) is 31.6 Å². The standard InChI is InChI=1S/C23H26N2O3S.CH2O2/c26-17-23-10-4-12-25(22(28)19-9-14-29-16-19)20(23)15-24(13-11-23)21(27)8-7-18-5-2-1-3-6-18;2-1-3/h1-3,5-9,14,16,20,26H,4,10-13,15,17H2;1H,(H,2,3)/b8-7+;/t20-,23-;/m0./s1. The molecule has 0 unspecified atom stereocenters. The molecule has 2 aliphatic heterocycles. The summed E-state index contributed by atoms with van der Waals surface area (Å²) in [4.78, 5) is 38.0. The number of hydrogen-bond acceptors (Lipinski definition) is 5. The third-order valence-corrected chi connectivity index (χ3v) is 6.99. The summed E-state index contributed by atoms with van der Waals surface area (Å²) in [6.45, 7) is 1.54. The molecular weight excluding hydrogens is 428 g/mol. The Kier molecular flexibility index (Phi) is 8.19. The van der Waals surface area contributed by atoms with Crippen LogP contribution >= 0.6 is 11.3 Å². The van der Waals surface area contributed by atoms with Gasteiger partial charge >= 0.3 is 0 Å². The van der Waals surface area contributed by atoms with Crippen molar-refractivity contribution in [3.8, 4) is 0 Å². The topological polar surface area (TPSA) is 98.2 Å². The number of nitrogens with zero attached hydrogens (tertiary/aromatic N) is 2. The van der Waals surface area contributed by atoms with Gasteiger partial charge in [0.25, 0.3) is 12.4 Å². The van der Waals surface area contributed by atoms with Crippen LogP contribution in [0, 0.1) is 5.41 Å². The van der Waals surface area contributed by atoms with Crippen molar-refractivity contribution in [2.24, 2.45) is 5.41 Å². The maximum atomic E-state index is 13.1. The van der Waals surface area contributed by atoms with Gasteiger partial charge in [0, 0.05) is 36.5 Å². The van der Waals surface area contributed by atoms with Crippen molar-refractivity contribution in [1.29, 1.82) is 0 Å². The molecule has 0 spiro atoms. The molecule has 1 aromatic carbocycles. The van der Waals surface area contributed by atoms with Gasteiger partial charge in [0.1, 0.15) is 0 Å². The van der Waals surface area contributed by atoms with Crippen LogP contribution in [0.3, 0.4) is 0 Å². The Balaban J connectivity index is 0.000000913. The van der Waals surface area contributed by atoms with Gasteiger partial charge in [-0.3, -0.25) is 14.4 Å². The van der Waals surface area contributed by atoms with Crippen molar-refractivity contribution in [1.82, 2.24) is 9.80 Å². The fraction of sp³-hybridized carbons (Fsp3) is 0.375. The summed E-state index contributed by atoms with van der Waals surface area (Å²) < 4.78 is 0. The van der Waals surface area contributed by atoms with Gasteiger partial charge in [-0.2, -0.15) is 11.3 Å². The van der Waals surface area contributed by atoms with Crippen LogP contribution in [0.5, 0.6) is 0 Å². The summed E-state index contributed by atoms with van der Waals surface area (Å²) in [7, 11) is 0. The van der Waals surface area contributed by atoms with E-state index in [0.717, 1.165) is 18.4 Å². The van der Waals surface area contributed by atoms with Crippen LogP contribution in [0.1, 0.15) is 35.2 Å². The van der Waals surface area contributed by atoms with Crippen LogP contribution in [0.15, 0.2) is 53.2 Å². The molecule has 3 heterocycles. The normalized spacial score (nSPS) is 22.6. The summed E-state index contributed by atoms with van der Waals surface area (Å²) in [5, 5.41) is 20.9. The van der Waals surface area contributed by atoms with E-state index in [9.17, 15) is 14.7 Å². The molecule has 32 heavy (non-hydrogen) atoms. The summed E-state index contributed by atoms with van der Waals surface area (Å²) in [6, 6.07) is 11.4. The molecule has 2 aromatic rings. The quantitative estimate of drug-likeness (QED) is 0.545. The van der Waals surface area contributed by atoms with Crippen LogP contribution in [0.2, 0.25) is 0 Å². The molecule has 2 amide bonds. The molecule has 4 rings (SSSR count). The number of carbonyl (C=O) groups is 3. The van der Waals surface area contributed by atoms with E-state index in [1.807, 2.05) is 63.0 Å². The molecule has 0 aliphatic carbocycles. The highest BCUT2D eigenvalue weighted by Crippen LogP contribution is 2.42. The molecule has 170 valence electrons. The van der Waals surface area contributed by atoms with Crippen LogP contribution in [-0.4, -0.2) is 70.6 Å².